The van der Waals surface area contributed by atoms with E-state index in [9.17, 15) is 4.79 Å². The van der Waals surface area contributed by atoms with Crippen molar-refractivity contribution < 1.29 is 9.90 Å². The number of nitrogens with zero attached hydrogens (tertiary/aromatic N) is 3. The zero-order valence-corrected chi connectivity index (χ0v) is 9.85. The van der Waals surface area contributed by atoms with Crippen molar-refractivity contribution in [1.82, 2.24) is 14.5 Å². The number of halogens is 1. The quantitative estimate of drug-likeness (QED) is 0.903. The van der Waals surface area contributed by atoms with Gasteiger partial charge in [-0.1, -0.05) is 11.6 Å². The van der Waals surface area contributed by atoms with Crippen LogP contribution in [0.3, 0.4) is 0 Å². The van der Waals surface area contributed by atoms with E-state index in [0.717, 1.165) is 5.56 Å². The second kappa shape index (κ2) is 4.55. The molecule has 0 saturated carbocycles. The van der Waals surface area contributed by atoms with Crippen LogP contribution >= 0.6 is 11.6 Å². The normalized spacial score (nSPS) is 10.5. The molecule has 0 bridgehead atoms. The van der Waals surface area contributed by atoms with Crippen molar-refractivity contribution >= 4 is 17.6 Å². The molecule has 2 rings (SSSR count). The van der Waals surface area contributed by atoms with Crippen LogP contribution in [0.2, 0.25) is 5.15 Å². The average molecular weight is 252 g/mol. The van der Waals surface area contributed by atoms with E-state index in [1.165, 1.54) is 0 Å². The van der Waals surface area contributed by atoms with Crippen LogP contribution < -0.4 is 0 Å². The number of carboxylic acid groups (broad SMARTS) is 1. The molecule has 17 heavy (non-hydrogen) atoms. The number of imidazole rings is 1. The molecule has 0 aliphatic rings. The van der Waals surface area contributed by atoms with Gasteiger partial charge in [0.25, 0.3) is 0 Å². The van der Waals surface area contributed by atoms with Crippen molar-refractivity contribution in [3.63, 3.8) is 0 Å². The van der Waals surface area contributed by atoms with Gasteiger partial charge < -0.3 is 9.67 Å². The zero-order chi connectivity index (χ0) is 12.4. The number of carbonyl (C=O) groups is 1. The number of aromatic nitrogens is 3. The highest BCUT2D eigenvalue weighted by molar-refractivity contribution is 6.30. The van der Waals surface area contributed by atoms with Gasteiger partial charge in [-0.15, -0.1) is 0 Å². The molecule has 0 aliphatic heterocycles. The largest absolute Gasteiger partial charge is 0.481 e. The molecule has 0 aromatic carbocycles. The summed E-state index contributed by atoms with van der Waals surface area (Å²) in [6.45, 7) is 0. The van der Waals surface area contributed by atoms with E-state index in [0.29, 0.717) is 11.5 Å². The van der Waals surface area contributed by atoms with Gasteiger partial charge in [0.05, 0.1) is 12.1 Å². The van der Waals surface area contributed by atoms with E-state index in [1.807, 2.05) is 6.07 Å². The zero-order valence-electron chi connectivity index (χ0n) is 9.09. The molecule has 0 amide bonds. The fourth-order valence-electron chi connectivity index (χ4n) is 1.59. The molecule has 0 saturated heterocycles. The topological polar surface area (TPSA) is 68.0 Å². The molecule has 2 heterocycles. The van der Waals surface area contributed by atoms with Crippen LogP contribution in [0.15, 0.2) is 24.5 Å². The maximum absolute atomic E-state index is 10.7. The summed E-state index contributed by atoms with van der Waals surface area (Å²) in [7, 11) is 1.74. The Morgan fingerprint density at radius 3 is 2.94 bits per heavy atom. The number of carboxylic acids is 1. The smallest absolute Gasteiger partial charge is 0.309 e. The lowest BCUT2D eigenvalue weighted by atomic mass is 10.2. The van der Waals surface area contributed by atoms with Gasteiger partial charge in [-0.05, 0) is 12.1 Å². The summed E-state index contributed by atoms with van der Waals surface area (Å²) in [5.41, 5.74) is 1.28. The SMILES string of the molecule is Cn1c(-c2cccnc2)nc(Cl)c1CC(=O)O. The first-order valence-corrected chi connectivity index (χ1v) is 5.30. The molecular formula is C11H10ClN3O2. The third-order valence-corrected chi connectivity index (χ3v) is 2.71. The van der Waals surface area contributed by atoms with Crippen LogP contribution in [0.1, 0.15) is 5.69 Å². The lowest BCUT2D eigenvalue weighted by molar-refractivity contribution is -0.136. The second-order valence-electron chi connectivity index (χ2n) is 3.54. The predicted molar refractivity (Wildman–Crippen MR) is 62.8 cm³/mol. The van der Waals surface area contributed by atoms with Crippen LogP contribution in [0.25, 0.3) is 11.4 Å². The fourth-order valence-corrected chi connectivity index (χ4v) is 1.86. The van der Waals surface area contributed by atoms with E-state index in [2.05, 4.69) is 9.97 Å². The molecule has 88 valence electrons. The summed E-state index contributed by atoms with van der Waals surface area (Å²) in [5.74, 6) is -0.327. The maximum atomic E-state index is 10.7. The Morgan fingerprint density at radius 2 is 2.35 bits per heavy atom. The fraction of sp³-hybridized carbons (Fsp3) is 0.182. The van der Waals surface area contributed by atoms with Crippen LogP contribution in [0, 0.1) is 0 Å². The highest BCUT2D eigenvalue weighted by Gasteiger charge is 2.16. The molecule has 0 aliphatic carbocycles. The average Bonchev–Trinajstić information content (AvgIpc) is 2.58. The van der Waals surface area contributed by atoms with Gasteiger partial charge in [0, 0.05) is 25.0 Å². The maximum Gasteiger partial charge on any atom is 0.309 e. The van der Waals surface area contributed by atoms with Gasteiger partial charge in [-0.25, -0.2) is 4.98 Å². The molecule has 2 aromatic heterocycles. The standard InChI is InChI=1S/C11H10ClN3O2/c1-15-8(5-9(16)17)10(12)14-11(15)7-3-2-4-13-6-7/h2-4,6H,5H2,1H3,(H,16,17). The molecule has 0 spiro atoms. The molecule has 5 nitrogen and oxygen atoms in total. The molecular weight excluding hydrogens is 242 g/mol. The van der Waals surface area contributed by atoms with Crippen molar-refractivity contribution in [2.24, 2.45) is 7.05 Å². The van der Waals surface area contributed by atoms with Gasteiger partial charge in [0.15, 0.2) is 5.15 Å². The highest BCUT2D eigenvalue weighted by Crippen LogP contribution is 2.24. The van der Waals surface area contributed by atoms with E-state index in [1.54, 1.807) is 30.1 Å². The Bertz CT molecular complexity index is 551. The number of rotatable bonds is 3. The first-order valence-electron chi connectivity index (χ1n) is 4.93. The van der Waals surface area contributed by atoms with Crippen molar-refractivity contribution in [2.75, 3.05) is 0 Å². The van der Waals surface area contributed by atoms with E-state index >= 15 is 0 Å². The van der Waals surface area contributed by atoms with Gasteiger partial charge in [-0.2, -0.15) is 0 Å². The summed E-state index contributed by atoms with van der Waals surface area (Å²) < 4.78 is 1.67. The molecule has 2 aromatic rings. The number of aliphatic carboxylic acids is 1. The lowest BCUT2D eigenvalue weighted by Gasteiger charge is -2.03. The summed E-state index contributed by atoms with van der Waals surface area (Å²) in [6, 6.07) is 3.63. The summed E-state index contributed by atoms with van der Waals surface area (Å²) in [4.78, 5) is 18.9. The molecule has 0 atom stereocenters. The molecule has 0 fully saturated rings. The van der Waals surface area contributed by atoms with Gasteiger partial charge in [0.2, 0.25) is 0 Å². The third-order valence-electron chi connectivity index (χ3n) is 2.40. The van der Waals surface area contributed by atoms with Crippen LogP contribution in [0.5, 0.6) is 0 Å². The Morgan fingerprint density at radius 1 is 1.59 bits per heavy atom. The molecule has 0 unspecified atom stereocenters. The molecule has 6 heteroatoms. The summed E-state index contributed by atoms with van der Waals surface area (Å²) in [6.07, 6.45) is 3.16. The minimum atomic E-state index is -0.937. The van der Waals surface area contributed by atoms with Crippen LogP contribution in [-0.2, 0) is 18.3 Å². The molecule has 1 N–H and O–H groups in total. The summed E-state index contributed by atoms with van der Waals surface area (Å²) >= 11 is 5.93. The Balaban J connectivity index is 2.48. The highest BCUT2D eigenvalue weighted by atomic mass is 35.5. The predicted octanol–water partition coefficient (Wildman–Crippen LogP) is 1.76. The Labute approximate surface area is 103 Å². The van der Waals surface area contributed by atoms with Gasteiger partial charge in [-0.3, -0.25) is 9.78 Å². The first-order chi connectivity index (χ1) is 8.09. The van der Waals surface area contributed by atoms with Crippen molar-refractivity contribution in [1.29, 1.82) is 0 Å². The number of hydrogen-bond acceptors (Lipinski definition) is 3. The minimum absolute atomic E-state index is 0.150. The first kappa shape index (κ1) is 11.6. The Kier molecular flexibility index (Phi) is 3.10. The van der Waals surface area contributed by atoms with Crippen LogP contribution in [0.4, 0.5) is 0 Å². The Hall–Kier alpha value is -1.88. The number of hydrogen-bond donors (Lipinski definition) is 1. The number of pyridine rings is 1. The van der Waals surface area contributed by atoms with Crippen LogP contribution in [-0.4, -0.2) is 25.6 Å². The van der Waals surface area contributed by atoms with E-state index in [-0.39, 0.29) is 11.6 Å². The summed E-state index contributed by atoms with van der Waals surface area (Å²) in [5, 5.41) is 9.00. The van der Waals surface area contributed by atoms with Gasteiger partial charge in [0.1, 0.15) is 5.82 Å². The van der Waals surface area contributed by atoms with E-state index in [4.69, 9.17) is 16.7 Å². The third kappa shape index (κ3) is 2.29. The monoisotopic (exact) mass is 251 g/mol. The van der Waals surface area contributed by atoms with E-state index < -0.39 is 5.97 Å². The lowest BCUT2D eigenvalue weighted by Crippen LogP contribution is -2.06. The van der Waals surface area contributed by atoms with Crippen molar-refractivity contribution in [3.05, 3.63) is 35.4 Å². The van der Waals surface area contributed by atoms with Gasteiger partial charge >= 0.3 is 5.97 Å². The van der Waals surface area contributed by atoms with Crippen molar-refractivity contribution in [2.45, 2.75) is 6.42 Å². The second-order valence-corrected chi connectivity index (χ2v) is 3.90. The minimum Gasteiger partial charge on any atom is -0.481 e. The molecule has 0 radical (unpaired) electrons. The van der Waals surface area contributed by atoms with Crippen molar-refractivity contribution in [3.8, 4) is 11.4 Å².